The second-order valence-corrected chi connectivity index (χ2v) is 8.45. The smallest absolute Gasteiger partial charge is 0.261 e. The maximum Gasteiger partial charge on any atom is 0.261 e. The van der Waals surface area contributed by atoms with Gasteiger partial charge in [0.1, 0.15) is 0 Å². The van der Waals surface area contributed by atoms with Crippen LogP contribution in [0.1, 0.15) is 35.2 Å². The van der Waals surface area contributed by atoms with E-state index in [1.807, 2.05) is 0 Å². The van der Waals surface area contributed by atoms with Crippen LogP contribution >= 0.6 is 26.6 Å². The zero-order chi connectivity index (χ0) is 14.9. The van der Waals surface area contributed by atoms with Crippen LogP contribution in [0.15, 0.2) is 21.5 Å². The van der Waals surface area contributed by atoms with Crippen molar-refractivity contribution in [1.29, 1.82) is 0 Å². The number of rotatable bonds is 5. The van der Waals surface area contributed by atoms with Crippen molar-refractivity contribution in [2.24, 2.45) is 5.92 Å². The van der Waals surface area contributed by atoms with Gasteiger partial charge in [-0.2, -0.15) is 0 Å². The van der Waals surface area contributed by atoms with Gasteiger partial charge in [0.15, 0.2) is 0 Å². The summed E-state index contributed by atoms with van der Waals surface area (Å²) in [7, 11) is 1.51. The molecular formula is C13H15BrClNO3S. The minimum Gasteiger partial charge on any atom is -0.352 e. The van der Waals surface area contributed by atoms with Crippen LogP contribution in [0.2, 0.25) is 0 Å². The van der Waals surface area contributed by atoms with Gasteiger partial charge in [0.25, 0.3) is 15.0 Å². The van der Waals surface area contributed by atoms with Crippen LogP contribution < -0.4 is 5.32 Å². The van der Waals surface area contributed by atoms with E-state index in [0.717, 1.165) is 12.3 Å². The first-order valence-electron chi connectivity index (χ1n) is 6.32. The van der Waals surface area contributed by atoms with Gasteiger partial charge in [-0.05, 0) is 37.0 Å². The van der Waals surface area contributed by atoms with E-state index in [-0.39, 0.29) is 10.8 Å². The molecular weight excluding hydrogens is 366 g/mol. The Morgan fingerprint density at radius 2 is 2.10 bits per heavy atom. The largest absolute Gasteiger partial charge is 0.352 e. The van der Waals surface area contributed by atoms with E-state index in [4.69, 9.17) is 10.7 Å². The van der Waals surface area contributed by atoms with Crippen LogP contribution in [0.4, 0.5) is 0 Å². The summed E-state index contributed by atoms with van der Waals surface area (Å²) in [6, 6.07) is 3.01. The Labute approximate surface area is 131 Å². The average Bonchev–Trinajstić information content (AvgIpc) is 3.14. The van der Waals surface area contributed by atoms with Gasteiger partial charge in [-0.3, -0.25) is 4.79 Å². The fraction of sp³-hybridized carbons (Fsp3) is 0.462. The van der Waals surface area contributed by atoms with Crippen molar-refractivity contribution in [3.05, 3.63) is 27.7 Å². The quantitative estimate of drug-likeness (QED) is 0.798. The van der Waals surface area contributed by atoms with Crippen LogP contribution in [-0.4, -0.2) is 20.9 Å². The standard InChI is InChI=1S/C13H15BrClNO3S/c1-8-11(13(17)16-5-4-9-2-3-9)6-10(14)7-12(8)20(15,18)19/h6-7,9H,2-5H2,1H3,(H,16,17). The molecule has 0 radical (unpaired) electrons. The number of hydrogen-bond donors (Lipinski definition) is 1. The van der Waals surface area contributed by atoms with Gasteiger partial charge in [0.05, 0.1) is 4.90 Å². The number of halogens is 2. The highest BCUT2D eigenvalue weighted by molar-refractivity contribution is 9.10. The third-order valence-electron chi connectivity index (χ3n) is 3.37. The van der Waals surface area contributed by atoms with Crippen LogP contribution in [0, 0.1) is 12.8 Å². The van der Waals surface area contributed by atoms with Gasteiger partial charge in [-0.25, -0.2) is 8.42 Å². The summed E-state index contributed by atoms with van der Waals surface area (Å²) in [5, 5.41) is 2.82. The highest BCUT2D eigenvalue weighted by atomic mass is 79.9. The van der Waals surface area contributed by atoms with Gasteiger partial charge in [0, 0.05) is 27.3 Å². The molecule has 1 aliphatic carbocycles. The van der Waals surface area contributed by atoms with Crippen molar-refractivity contribution < 1.29 is 13.2 Å². The maximum atomic E-state index is 12.1. The summed E-state index contributed by atoms with van der Waals surface area (Å²) in [5.74, 6) is 0.462. The Bertz CT molecular complexity index is 641. The van der Waals surface area contributed by atoms with Gasteiger partial charge < -0.3 is 5.32 Å². The summed E-state index contributed by atoms with van der Waals surface area (Å²) < 4.78 is 23.5. The lowest BCUT2D eigenvalue weighted by Crippen LogP contribution is -2.26. The molecule has 0 unspecified atom stereocenters. The molecule has 0 spiro atoms. The van der Waals surface area contributed by atoms with Gasteiger partial charge >= 0.3 is 0 Å². The first-order chi connectivity index (χ1) is 9.29. The molecule has 1 aromatic carbocycles. The first-order valence-corrected chi connectivity index (χ1v) is 9.42. The molecule has 0 aromatic heterocycles. The van der Waals surface area contributed by atoms with E-state index < -0.39 is 9.05 Å². The van der Waals surface area contributed by atoms with Crippen LogP contribution in [0.5, 0.6) is 0 Å². The SMILES string of the molecule is Cc1c(C(=O)NCCC2CC2)cc(Br)cc1S(=O)(=O)Cl. The molecule has 2 rings (SSSR count). The zero-order valence-corrected chi connectivity index (χ0v) is 14.1. The Morgan fingerprint density at radius 3 is 2.65 bits per heavy atom. The summed E-state index contributed by atoms with van der Waals surface area (Å²) in [4.78, 5) is 12.1. The molecule has 1 fully saturated rings. The lowest BCUT2D eigenvalue weighted by atomic mass is 10.1. The average molecular weight is 381 g/mol. The molecule has 1 aliphatic rings. The Kier molecular flexibility index (Phi) is 4.76. The molecule has 0 bridgehead atoms. The molecule has 1 saturated carbocycles. The fourth-order valence-corrected chi connectivity index (χ4v) is 3.87. The minimum absolute atomic E-state index is 0.0408. The third kappa shape index (κ3) is 3.96. The predicted octanol–water partition coefficient (Wildman–Crippen LogP) is 3.21. The molecule has 0 atom stereocenters. The monoisotopic (exact) mass is 379 g/mol. The molecule has 7 heteroatoms. The highest BCUT2D eigenvalue weighted by Gasteiger charge is 2.22. The van der Waals surface area contributed by atoms with Gasteiger partial charge in [-0.15, -0.1) is 0 Å². The summed E-state index contributed by atoms with van der Waals surface area (Å²) in [5.41, 5.74) is 0.696. The molecule has 20 heavy (non-hydrogen) atoms. The molecule has 1 N–H and O–H groups in total. The van der Waals surface area contributed by atoms with Crippen molar-refractivity contribution in [1.82, 2.24) is 5.32 Å². The predicted molar refractivity (Wildman–Crippen MR) is 81.6 cm³/mol. The number of carbonyl (C=O) groups is 1. The van der Waals surface area contributed by atoms with Crippen LogP contribution in [0.25, 0.3) is 0 Å². The molecule has 1 amide bonds. The van der Waals surface area contributed by atoms with E-state index in [2.05, 4.69) is 21.2 Å². The van der Waals surface area contributed by atoms with Gasteiger partial charge in [-0.1, -0.05) is 28.8 Å². The second kappa shape index (κ2) is 6.03. The van der Waals surface area contributed by atoms with E-state index in [0.29, 0.717) is 22.1 Å². The summed E-state index contributed by atoms with van der Waals surface area (Å²) >= 11 is 3.21. The number of hydrogen-bond acceptors (Lipinski definition) is 3. The minimum atomic E-state index is -3.87. The van der Waals surface area contributed by atoms with E-state index >= 15 is 0 Å². The lowest BCUT2D eigenvalue weighted by Gasteiger charge is -2.11. The summed E-state index contributed by atoms with van der Waals surface area (Å²) in [6.45, 7) is 2.19. The Morgan fingerprint density at radius 1 is 1.45 bits per heavy atom. The molecule has 0 saturated heterocycles. The topological polar surface area (TPSA) is 63.2 Å². The number of carbonyl (C=O) groups excluding carboxylic acids is 1. The summed E-state index contributed by atoms with van der Waals surface area (Å²) in [6.07, 6.45) is 3.44. The van der Waals surface area contributed by atoms with Gasteiger partial charge in [0.2, 0.25) is 0 Å². The highest BCUT2D eigenvalue weighted by Crippen LogP contribution is 2.32. The second-order valence-electron chi connectivity index (χ2n) is 5.00. The zero-order valence-electron chi connectivity index (χ0n) is 10.9. The molecule has 110 valence electrons. The fourth-order valence-electron chi connectivity index (χ4n) is 2.03. The Hall–Kier alpha value is -0.590. The van der Waals surface area contributed by atoms with Crippen molar-refractivity contribution in [2.45, 2.75) is 31.1 Å². The van der Waals surface area contributed by atoms with E-state index in [1.54, 1.807) is 13.0 Å². The molecule has 1 aromatic rings. The van der Waals surface area contributed by atoms with E-state index in [9.17, 15) is 13.2 Å². The first kappa shape index (κ1) is 15.8. The Balaban J connectivity index is 2.21. The van der Waals surface area contributed by atoms with E-state index in [1.165, 1.54) is 18.9 Å². The normalized spacial score (nSPS) is 15.2. The van der Waals surface area contributed by atoms with Crippen molar-refractivity contribution in [2.75, 3.05) is 6.54 Å². The van der Waals surface area contributed by atoms with Crippen molar-refractivity contribution in [3.8, 4) is 0 Å². The number of benzene rings is 1. The van der Waals surface area contributed by atoms with Crippen LogP contribution in [0.3, 0.4) is 0 Å². The molecule has 4 nitrogen and oxygen atoms in total. The maximum absolute atomic E-state index is 12.1. The van der Waals surface area contributed by atoms with Crippen molar-refractivity contribution >= 4 is 41.6 Å². The number of amides is 1. The van der Waals surface area contributed by atoms with Crippen LogP contribution in [-0.2, 0) is 9.05 Å². The lowest BCUT2D eigenvalue weighted by molar-refractivity contribution is 0.0951. The van der Waals surface area contributed by atoms with Crippen molar-refractivity contribution in [3.63, 3.8) is 0 Å². The third-order valence-corrected chi connectivity index (χ3v) is 5.27. The molecule has 0 heterocycles. The molecule has 0 aliphatic heterocycles. The number of nitrogens with one attached hydrogen (secondary N) is 1.